The molecule has 6 rings (SSSR count). The second-order valence-corrected chi connectivity index (χ2v) is 13.2. The predicted octanol–water partition coefficient (Wildman–Crippen LogP) is 7.87. The van der Waals surface area contributed by atoms with E-state index in [1.165, 1.54) is 23.5 Å². The number of H-pyrrole nitrogens is 1. The number of hydrogen-bond acceptors (Lipinski definition) is 5. The van der Waals surface area contributed by atoms with Crippen LogP contribution in [0.25, 0.3) is 10.6 Å². The summed E-state index contributed by atoms with van der Waals surface area (Å²) in [6, 6.07) is 13.0. The fourth-order valence-corrected chi connectivity index (χ4v) is 6.56. The highest BCUT2D eigenvalue weighted by atomic mass is 35.5. The van der Waals surface area contributed by atoms with Crippen LogP contribution in [0.2, 0.25) is 10.0 Å². The largest absolute Gasteiger partial charge is 0.416 e. The summed E-state index contributed by atoms with van der Waals surface area (Å²) >= 11 is 14.1. The van der Waals surface area contributed by atoms with Crippen LogP contribution in [0.1, 0.15) is 64.2 Å². The van der Waals surface area contributed by atoms with Gasteiger partial charge >= 0.3 is 12.2 Å². The quantitative estimate of drug-likeness (QED) is 0.171. The normalized spacial score (nSPS) is 15.1. The number of aromatic amines is 1. The second kappa shape index (κ2) is 14.0. The lowest BCUT2D eigenvalue weighted by atomic mass is 10.1. The van der Waals surface area contributed by atoms with Gasteiger partial charge in [-0.15, -0.1) is 11.3 Å². The molecule has 8 nitrogen and oxygen atoms in total. The molecular formula is C33H29Cl2F3N6O2S. The standard InChI is InChI=1S/C33H29Cl2F3N6O2S/c34-22-9-14-27(26(35)18-22)44(43-16-2-1-3-17-43)31(45)30-25(19-39-32(46)40-23-10-11-23)29(41-42-30)28-15-13-24(47-28)12-6-20-4-7-21(8-5-20)33(36,37)38/h4-5,7-9,13-15,18,23H,1-3,10-11,16-17,19H2,(H,41,42)(H2,39,40,46). The molecule has 4 aromatic rings. The maximum absolute atomic E-state index is 14.4. The highest BCUT2D eigenvalue weighted by Gasteiger charge is 2.33. The van der Waals surface area contributed by atoms with Gasteiger partial charge in [-0.2, -0.15) is 18.3 Å². The van der Waals surface area contributed by atoms with E-state index in [-0.39, 0.29) is 24.3 Å². The molecule has 0 spiro atoms. The fourth-order valence-electron chi connectivity index (χ4n) is 5.19. The van der Waals surface area contributed by atoms with Gasteiger partial charge in [0.2, 0.25) is 0 Å². The third-order valence-electron chi connectivity index (χ3n) is 7.75. The number of alkyl halides is 3. The molecule has 0 atom stereocenters. The first-order valence-electron chi connectivity index (χ1n) is 15.0. The Morgan fingerprint density at radius 3 is 2.45 bits per heavy atom. The first-order valence-corrected chi connectivity index (χ1v) is 16.6. The molecule has 2 fully saturated rings. The number of nitrogens with zero attached hydrogens (tertiary/aromatic N) is 3. The number of urea groups is 1. The van der Waals surface area contributed by atoms with Gasteiger partial charge in [-0.3, -0.25) is 9.89 Å². The number of benzene rings is 2. The summed E-state index contributed by atoms with van der Waals surface area (Å²) in [5, 5.41) is 17.5. The molecule has 14 heteroatoms. The molecule has 2 aromatic carbocycles. The number of aromatic nitrogens is 2. The Labute approximate surface area is 283 Å². The van der Waals surface area contributed by atoms with Gasteiger partial charge in [-0.25, -0.2) is 14.8 Å². The Bertz CT molecular complexity index is 1840. The predicted molar refractivity (Wildman–Crippen MR) is 176 cm³/mol. The van der Waals surface area contributed by atoms with E-state index < -0.39 is 17.6 Å². The number of rotatable bonds is 7. The first-order chi connectivity index (χ1) is 22.6. The molecule has 1 aliphatic carbocycles. The summed E-state index contributed by atoms with van der Waals surface area (Å²) in [4.78, 5) is 28.4. The van der Waals surface area contributed by atoms with Gasteiger partial charge in [-0.05, 0) is 80.3 Å². The number of amides is 3. The Balaban J connectivity index is 1.32. The summed E-state index contributed by atoms with van der Waals surface area (Å²) in [5.74, 6) is 5.48. The number of hydrogen-bond donors (Lipinski definition) is 3. The monoisotopic (exact) mass is 700 g/mol. The number of carbonyl (C=O) groups excluding carboxylic acids is 2. The van der Waals surface area contributed by atoms with E-state index in [9.17, 15) is 22.8 Å². The number of hydrazine groups is 1. The smallest absolute Gasteiger partial charge is 0.335 e. The van der Waals surface area contributed by atoms with Crippen molar-refractivity contribution in [1.29, 1.82) is 0 Å². The first kappa shape index (κ1) is 32.9. The molecule has 0 bridgehead atoms. The van der Waals surface area contributed by atoms with Gasteiger partial charge in [0.1, 0.15) is 0 Å². The molecule has 3 N–H and O–H groups in total. The van der Waals surface area contributed by atoms with Gasteiger partial charge in [0.05, 0.1) is 31.7 Å². The van der Waals surface area contributed by atoms with Crippen LogP contribution in [0.5, 0.6) is 0 Å². The topological polar surface area (TPSA) is 93.4 Å². The number of piperidine rings is 1. The van der Waals surface area contributed by atoms with E-state index in [2.05, 4.69) is 32.7 Å². The van der Waals surface area contributed by atoms with E-state index in [1.807, 2.05) is 11.1 Å². The van der Waals surface area contributed by atoms with Crippen molar-refractivity contribution in [3.63, 3.8) is 0 Å². The van der Waals surface area contributed by atoms with Crippen LogP contribution in [0, 0.1) is 11.8 Å². The van der Waals surface area contributed by atoms with E-state index in [0.717, 1.165) is 44.2 Å². The third-order valence-corrected chi connectivity index (χ3v) is 9.30. The molecular weight excluding hydrogens is 672 g/mol. The van der Waals surface area contributed by atoms with Crippen molar-refractivity contribution >= 4 is 52.2 Å². The van der Waals surface area contributed by atoms with Crippen LogP contribution < -0.4 is 15.6 Å². The number of thiophene rings is 1. The molecule has 2 aliphatic rings. The Hall–Kier alpha value is -4.02. The highest BCUT2D eigenvalue weighted by Crippen LogP contribution is 2.35. The van der Waals surface area contributed by atoms with Gasteiger partial charge < -0.3 is 10.6 Å². The highest BCUT2D eigenvalue weighted by molar-refractivity contribution is 7.16. The van der Waals surface area contributed by atoms with Crippen molar-refractivity contribution < 1.29 is 22.8 Å². The molecule has 0 unspecified atom stereocenters. The van der Waals surface area contributed by atoms with Crippen molar-refractivity contribution in [2.75, 3.05) is 18.1 Å². The van der Waals surface area contributed by atoms with Crippen LogP contribution in [-0.4, -0.2) is 46.3 Å². The molecule has 47 heavy (non-hydrogen) atoms. The van der Waals surface area contributed by atoms with Crippen LogP contribution >= 0.6 is 34.5 Å². The second-order valence-electron chi connectivity index (χ2n) is 11.2. The number of carbonyl (C=O) groups is 2. The Morgan fingerprint density at radius 2 is 1.77 bits per heavy atom. The summed E-state index contributed by atoms with van der Waals surface area (Å²) in [5.41, 5.74) is 1.30. The zero-order valence-electron chi connectivity index (χ0n) is 24.9. The molecule has 1 saturated carbocycles. The van der Waals surface area contributed by atoms with Crippen molar-refractivity contribution in [2.45, 2.75) is 50.9 Å². The molecule has 0 radical (unpaired) electrons. The van der Waals surface area contributed by atoms with Crippen molar-refractivity contribution in [2.24, 2.45) is 0 Å². The van der Waals surface area contributed by atoms with Crippen LogP contribution in [0.4, 0.5) is 23.7 Å². The number of anilines is 1. The summed E-state index contributed by atoms with van der Waals surface area (Å²) in [6.07, 6.45) is 0.283. The summed E-state index contributed by atoms with van der Waals surface area (Å²) < 4.78 is 38.8. The minimum Gasteiger partial charge on any atom is -0.335 e. The lowest BCUT2D eigenvalue weighted by Crippen LogP contribution is -2.49. The fraction of sp³-hybridized carbons (Fsp3) is 0.303. The minimum absolute atomic E-state index is 0.0120. The average molecular weight is 702 g/mol. The van der Waals surface area contributed by atoms with Crippen molar-refractivity contribution in [3.05, 3.63) is 91.9 Å². The maximum Gasteiger partial charge on any atom is 0.416 e. The van der Waals surface area contributed by atoms with Gasteiger partial charge in [0, 0.05) is 41.8 Å². The molecule has 3 amide bonds. The molecule has 1 aliphatic heterocycles. The zero-order valence-corrected chi connectivity index (χ0v) is 27.2. The van der Waals surface area contributed by atoms with Gasteiger partial charge in [-0.1, -0.05) is 41.5 Å². The summed E-state index contributed by atoms with van der Waals surface area (Å²) in [7, 11) is 0. The minimum atomic E-state index is -4.42. The molecule has 2 aromatic heterocycles. The van der Waals surface area contributed by atoms with Crippen molar-refractivity contribution in [1.82, 2.24) is 25.8 Å². The van der Waals surface area contributed by atoms with E-state index in [0.29, 0.717) is 55.4 Å². The lowest BCUT2D eigenvalue weighted by Gasteiger charge is -2.37. The van der Waals surface area contributed by atoms with E-state index in [1.54, 1.807) is 29.3 Å². The summed E-state index contributed by atoms with van der Waals surface area (Å²) in [6.45, 7) is 1.30. The van der Waals surface area contributed by atoms with Gasteiger partial charge in [0.25, 0.3) is 5.91 Å². The van der Waals surface area contributed by atoms with E-state index >= 15 is 0 Å². The zero-order chi connectivity index (χ0) is 33.1. The number of halogens is 5. The Morgan fingerprint density at radius 1 is 1.02 bits per heavy atom. The van der Waals surface area contributed by atoms with Crippen LogP contribution in [0.15, 0.2) is 54.6 Å². The number of nitrogens with one attached hydrogen (secondary N) is 3. The van der Waals surface area contributed by atoms with Crippen LogP contribution in [-0.2, 0) is 12.7 Å². The van der Waals surface area contributed by atoms with Gasteiger partial charge in [0.15, 0.2) is 5.69 Å². The maximum atomic E-state index is 14.4. The SMILES string of the molecule is O=C(NCc1c(C(=O)N(c2ccc(Cl)cc2Cl)N2CCCCC2)n[nH]c1-c1ccc(C#Cc2ccc(C(F)(F)F)cc2)s1)NC1CC1. The molecule has 1 saturated heterocycles. The van der Waals surface area contributed by atoms with Crippen LogP contribution in [0.3, 0.4) is 0 Å². The Kier molecular flexibility index (Phi) is 9.80. The van der Waals surface area contributed by atoms with E-state index in [4.69, 9.17) is 23.2 Å². The molecule has 3 heterocycles. The average Bonchev–Trinajstić information content (AvgIpc) is 3.56. The lowest BCUT2D eigenvalue weighted by molar-refractivity contribution is -0.137. The molecule has 244 valence electrons. The van der Waals surface area contributed by atoms with Crippen molar-refractivity contribution in [3.8, 4) is 22.4 Å². The third kappa shape index (κ3) is 7.93.